The highest BCUT2D eigenvalue weighted by Crippen LogP contribution is 2.35. The molecule has 2 heterocycles. The Morgan fingerprint density at radius 1 is 1.27 bits per heavy atom. The average molecular weight is 301 g/mol. The van der Waals surface area contributed by atoms with Gasteiger partial charge in [0.2, 0.25) is 5.91 Å². The summed E-state index contributed by atoms with van der Waals surface area (Å²) in [6.45, 7) is 2.02. The zero-order valence-corrected chi connectivity index (χ0v) is 12.8. The van der Waals surface area contributed by atoms with Gasteiger partial charge in [-0.05, 0) is 37.3 Å². The number of hydrogen-bond acceptors (Lipinski definition) is 3. The van der Waals surface area contributed by atoms with Gasteiger partial charge in [-0.1, -0.05) is 30.3 Å². The molecule has 2 aliphatic rings. The number of carbonyl (C=O) groups is 1. The van der Waals surface area contributed by atoms with Gasteiger partial charge in [0.25, 0.3) is 0 Å². The van der Waals surface area contributed by atoms with Crippen LogP contribution in [0.25, 0.3) is 6.08 Å². The molecular formula is C18H23NO3. The number of amides is 1. The number of carbonyl (C=O) groups excluding carboxylic acids is 1. The molecule has 2 saturated heterocycles. The van der Waals surface area contributed by atoms with Crippen molar-refractivity contribution in [3.8, 4) is 0 Å². The molecule has 22 heavy (non-hydrogen) atoms. The fourth-order valence-electron chi connectivity index (χ4n) is 3.33. The third-order valence-electron chi connectivity index (χ3n) is 4.76. The molecule has 3 rings (SSSR count). The zero-order valence-electron chi connectivity index (χ0n) is 12.8. The summed E-state index contributed by atoms with van der Waals surface area (Å²) in [5.41, 5.74) is 0.605. The molecule has 4 heteroatoms. The highest BCUT2D eigenvalue weighted by molar-refractivity contribution is 5.91. The Bertz CT molecular complexity index is 533. The van der Waals surface area contributed by atoms with E-state index < -0.39 is 11.7 Å². The maximum Gasteiger partial charge on any atom is 0.246 e. The number of piperidine rings is 1. The Morgan fingerprint density at radius 2 is 2.00 bits per heavy atom. The summed E-state index contributed by atoms with van der Waals surface area (Å²) in [6, 6.07) is 9.81. The molecule has 0 radical (unpaired) electrons. The highest BCUT2D eigenvalue weighted by atomic mass is 16.5. The number of aliphatic hydroxyl groups excluding tert-OH is 1. The monoisotopic (exact) mass is 301 g/mol. The van der Waals surface area contributed by atoms with Crippen LogP contribution in [0.1, 0.15) is 31.2 Å². The van der Waals surface area contributed by atoms with Gasteiger partial charge in [0.15, 0.2) is 0 Å². The zero-order chi connectivity index (χ0) is 15.4. The Balaban J connectivity index is 1.57. The van der Waals surface area contributed by atoms with E-state index in [1.807, 2.05) is 41.3 Å². The Morgan fingerprint density at radius 3 is 2.68 bits per heavy atom. The van der Waals surface area contributed by atoms with Gasteiger partial charge < -0.3 is 14.7 Å². The lowest BCUT2D eigenvalue weighted by Crippen LogP contribution is -2.55. The summed E-state index contributed by atoms with van der Waals surface area (Å²) in [5.74, 6) is 0.0315. The highest BCUT2D eigenvalue weighted by Gasteiger charge is 2.44. The molecule has 1 atom stereocenters. The molecule has 1 aromatic rings. The number of nitrogens with zero attached hydrogens (tertiary/aromatic N) is 1. The van der Waals surface area contributed by atoms with Crippen LogP contribution in [0.4, 0.5) is 0 Å². The fourth-order valence-corrected chi connectivity index (χ4v) is 3.33. The van der Waals surface area contributed by atoms with E-state index in [-0.39, 0.29) is 5.91 Å². The molecule has 2 fully saturated rings. The minimum atomic E-state index is -0.418. The number of likely N-dealkylation sites (tertiary alicyclic amines) is 1. The molecular weight excluding hydrogens is 278 g/mol. The first kappa shape index (κ1) is 15.3. The number of benzene rings is 1. The van der Waals surface area contributed by atoms with E-state index in [0.29, 0.717) is 13.1 Å². The lowest BCUT2D eigenvalue weighted by molar-refractivity contribution is -0.178. The molecule has 1 spiro atoms. The van der Waals surface area contributed by atoms with Crippen LogP contribution in [0.2, 0.25) is 0 Å². The van der Waals surface area contributed by atoms with E-state index in [4.69, 9.17) is 4.74 Å². The van der Waals surface area contributed by atoms with Crippen molar-refractivity contribution in [2.75, 3.05) is 19.7 Å². The normalized spacial score (nSPS) is 24.8. The summed E-state index contributed by atoms with van der Waals surface area (Å²) in [4.78, 5) is 14.1. The van der Waals surface area contributed by atoms with E-state index in [9.17, 15) is 9.90 Å². The predicted octanol–water partition coefficient (Wildman–Crippen LogP) is 2.23. The molecule has 1 N–H and O–H groups in total. The van der Waals surface area contributed by atoms with E-state index in [2.05, 4.69) is 0 Å². The lowest BCUT2D eigenvalue weighted by atomic mass is 9.82. The van der Waals surface area contributed by atoms with E-state index in [1.54, 1.807) is 6.08 Å². The van der Waals surface area contributed by atoms with Crippen molar-refractivity contribution >= 4 is 12.0 Å². The van der Waals surface area contributed by atoms with Crippen molar-refractivity contribution in [2.45, 2.75) is 37.4 Å². The van der Waals surface area contributed by atoms with Crippen molar-refractivity contribution in [1.29, 1.82) is 0 Å². The quantitative estimate of drug-likeness (QED) is 0.852. The molecule has 0 aliphatic carbocycles. The largest absolute Gasteiger partial charge is 0.390 e. The van der Waals surface area contributed by atoms with Crippen molar-refractivity contribution < 1.29 is 14.6 Å². The SMILES string of the molecule is O=C(/C=C/c1ccccc1)N1CCC2(CC1)OCCC[C@H]2O. The Labute approximate surface area is 131 Å². The Hall–Kier alpha value is -1.65. The van der Waals surface area contributed by atoms with Gasteiger partial charge in [-0.15, -0.1) is 0 Å². The topological polar surface area (TPSA) is 49.8 Å². The number of hydrogen-bond donors (Lipinski definition) is 1. The molecule has 0 saturated carbocycles. The van der Waals surface area contributed by atoms with Gasteiger partial charge >= 0.3 is 0 Å². The van der Waals surface area contributed by atoms with Crippen molar-refractivity contribution in [3.05, 3.63) is 42.0 Å². The lowest BCUT2D eigenvalue weighted by Gasteiger charge is -2.46. The van der Waals surface area contributed by atoms with Crippen molar-refractivity contribution in [3.63, 3.8) is 0 Å². The smallest absolute Gasteiger partial charge is 0.246 e. The van der Waals surface area contributed by atoms with Gasteiger partial charge in [-0.25, -0.2) is 0 Å². The maximum absolute atomic E-state index is 12.3. The second kappa shape index (κ2) is 6.63. The number of rotatable bonds is 2. The van der Waals surface area contributed by atoms with Crippen LogP contribution in [0.15, 0.2) is 36.4 Å². The van der Waals surface area contributed by atoms with Gasteiger partial charge in [0, 0.05) is 25.8 Å². The average Bonchev–Trinajstić information content (AvgIpc) is 2.57. The predicted molar refractivity (Wildman–Crippen MR) is 85.2 cm³/mol. The van der Waals surface area contributed by atoms with Gasteiger partial charge in [-0.3, -0.25) is 4.79 Å². The first-order valence-corrected chi connectivity index (χ1v) is 8.04. The summed E-state index contributed by atoms with van der Waals surface area (Å²) >= 11 is 0. The second-order valence-corrected chi connectivity index (χ2v) is 6.14. The molecule has 118 valence electrons. The first-order valence-electron chi connectivity index (χ1n) is 8.04. The summed E-state index contributed by atoms with van der Waals surface area (Å²) in [7, 11) is 0. The van der Waals surface area contributed by atoms with Crippen LogP contribution in [0.3, 0.4) is 0 Å². The van der Waals surface area contributed by atoms with Crippen LogP contribution >= 0.6 is 0 Å². The van der Waals surface area contributed by atoms with Crippen LogP contribution in [0, 0.1) is 0 Å². The van der Waals surface area contributed by atoms with Gasteiger partial charge in [0.1, 0.15) is 0 Å². The van der Waals surface area contributed by atoms with Crippen LogP contribution in [-0.2, 0) is 9.53 Å². The summed E-state index contributed by atoms with van der Waals surface area (Å²) in [5, 5.41) is 10.2. The van der Waals surface area contributed by atoms with Crippen LogP contribution in [-0.4, -0.2) is 47.3 Å². The summed E-state index contributed by atoms with van der Waals surface area (Å²) in [6.07, 6.45) is 6.26. The molecule has 4 nitrogen and oxygen atoms in total. The third kappa shape index (κ3) is 3.23. The molecule has 2 aliphatic heterocycles. The van der Waals surface area contributed by atoms with Crippen LogP contribution in [0.5, 0.6) is 0 Å². The minimum absolute atomic E-state index is 0.0315. The molecule has 0 unspecified atom stereocenters. The number of ether oxygens (including phenoxy) is 1. The molecule has 0 bridgehead atoms. The molecule has 1 aromatic carbocycles. The van der Waals surface area contributed by atoms with Crippen molar-refractivity contribution in [1.82, 2.24) is 4.90 Å². The first-order chi connectivity index (χ1) is 10.7. The van der Waals surface area contributed by atoms with E-state index >= 15 is 0 Å². The van der Waals surface area contributed by atoms with Crippen molar-refractivity contribution in [2.24, 2.45) is 0 Å². The third-order valence-corrected chi connectivity index (χ3v) is 4.76. The Kier molecular flexibility index (Phi) is 4.60. The van der Waals surface area contributed by atoms with Gasteiger partial charge in [0.05, 0.1) is 11.7 Å². The maximum atomic E-state index is 12.3. The minimum Gasteiger partial charge on any atom is -0.390 e. The fraction of sp³-hybridized carbons (Fsp3) is 0.500. The van der Waals surface area contributed by atoms with Gasteiger partial charge in [-0.2, -0.15) is 0 Å². The standard InChI is InChI=1S/C18H23NO3/c20-16-7-4-14-22-18(16)10-12-19(13-11-18)17(21)9-8-15-5-2-1-3-6-15/h1-3,5-6,8-9,16,20H,4,7,10-14H2/b9-8+/t16-/m1/s1. The van der Waals surface area contributed by atoms with E-state index in [1.165, 1.54) is 0 Å². The number of aliphatic hydroxyl groups is 1. The second-order valence-electron chi connectivity index (χ2n) is 6.14. The molecule has 1 amide bonds. The summed E-state index contributed by atoms with van der Waals surface area (Å²) < 4.78 is 5.87. The molecule has 0 aromatic heterocycles. The van der Waals surface area contributed by atoms with Crippen LogP contribution < -0.4 is 0 Å². The van der Waals surface area contributed by atoms with E-state index in [0.717, 1.165) is 37.9 Å².